The van der Waals surface area contributed by atoms with Crippen LogP contribution in [0, 0.1) is 5.41 Å². The van der Waals surface area contributed by atoms with Crippen LogP contribution in [-0.4, -0.2) is 161 Å². The number of hydrogen-bond acceptors (Lipinski definition) is 14. The number of aliphatic hydroxyl groups excluding tert-OH is 1. The lowest BCUT2D eigenvalue weighted by atomic mass is 9.82. The average Bonchev–Trinajstić information content (AvgIpc) is 3.96. The van der Waals surface area contributed by atoms with Crippen molar-refractivity contribution >= 4 is 40.1 Å². The first kappa shape index (κ1) is 53.2. The molecule has 6 bridgehead atoms. The fraction of sp³-hybridized carbons (Fsp3) is 0.642. The zero-order valence-corrected chi connectivity index (χ0v) is 43.9. The maximum Gasteiger partial charge on any atom is 0.324 e. The van der Waals surface area contributed by atoms with Gasteiger partial charge in [0.1, 0.15) is 29.8 Å². The minimum absolute atomic E-state index is 0.0112. The van der Waals surface area contributed by atoms with Crippen molar-refractivity contribution in [2.24, 2.45) is 5.41 Å². The number of morpholine rings is 1. The molecule has 398 valence electrons. The molecule has 1 aromatic carbocycles. The fourth-order valence-electron chi connectivity index (χ4n) is 11.2. The van der Waals surface area contributed by atoms with Gasteiger partial charge in [-0.1, -0.05) is 19.9 Å². The van der Waals surface area contributed by atoms with E-state index in [-0.39, 0.29) is 36.3 Å². The number of alkyl halides is 2. The van der Waals surface area contributed by atoms with Gasteiger partial charge in [-0.05, 0) is 108 Å². The van der Waals surface area contributed by atoms with E-state index >= 15 is 0 Å². The Bertz CT molecular complexity index is 2610. The van der Waals surface area contributed by atoms with Crippen LogP contribution in [0.25, 0.3) is 33.4 Å². The number of benzene rings is 1. The molecule has 20 heteroatoms. The van der Waals surface area contributed by atoms with E-state index in [1.807, 2.05) is 33.0 Å². The second kappa shape index (κ2) is 22.7. The highest BCUT2D eigenvalue weighted by Gasteiger charge is 2.44. The lowest BCUT2D eigenvalue weighted by Gasteiger charge is -2.44. The van der Waals surface area contributed by atoms with Crippen LogP contribution in [0.3, 0.4) is 0 Å². The van der Waals surface area contributed by atoms with Crippen molar-refractivity contribution in [2.45, 2.75) is 148 Å². The van der Waals surface area contributed by atoms with Gasteiger partial charge in [-0.3, -0.25) is 24.5 Å². The number of aliphatic hydroxyl groups is 1. The molecule has 0 saturated carbocycles. The first-order valence-corrected chi connectivity index (χ1v) is 26.8. The van der Waals surface area contributed by atoms with Crippen LogP contribution in [-0.2, 0) is 46.2 Å². The number of nitrogens with one attached hydrogen (secondary N) is 2. The highest BCUT2D eigenvalue weighted by atomic mass is 32.1. The van der Waals surface area contributed by atoms with Crippen molar-refractivity contribution < 1.29 is 52.0 Å². The number of fused-ring (bicyclic) bond motifs is 7. The Morgan fingerprint density at radius 2 is 1.90 bits per heavy atom. The Labute approximate surface area is 430 Å². The number of thiazole rings is 1. The second-order valence-corrected chi connectivity index (χ2v) is 22.3. The fourth-order valence-corrected chi connectivity index (χ4v) is 12.1. The molecular formula is C53H72F2N8O9S. The van der Waals surface area contributed by atoms with Crippen molar-refractivity contribution in [3.63, 3.8) is 0 Å². The molecular weight excluding hydrogens is 963 g/mol. The number of esters is 1. The topological polar surface area (TPSA) is 182 Å². The van der Waals surface area contributed by atoms with Crippen LogP contribution >= 0.6 is 11.3 Å². The molecule has 9 rings (SSSR count). The number of piperidine rings is 1. The average molecular weight is 1040 g/mol. The Hall–Kier alpha value is -4.67. The molecule has 0 aliphatic carbocycles. The normalized spacial score (nSPS) is 25.8. The summed E-state index contributed by atoms with van der Waals surface area (Å²) in [6.07, 6.45) is 0.182. The zero-order valence-electron chi connectivity index (χ0n) is 43.1. The van der Waals surface area contributed by atoms with Crippen LogP contribution < -0.4 is 10.7 Å². The summed E-state index contributed by atoms with van der Waals surface area (Å²) in [7, 11) is 1.69. The number of rotatable bonds is 13. The molecule has 4 fully saturated rings. The number of halogens is 2. The molecule has 8 heterocycles. The Kier molecular flexibility index (Phi) is 16.5. The van der Waals surface area contributed by atoms with Crippen LogP contribution in [0.1, 0.15) is 114 Å². The number of aromatic nitrogens is 3. The minimum atomic E-state index is -2.90. The molecule has 8 atom stereocenters. The van der Waals surface area contributed by atoms with Crippen molar-refractivity contribution in [2.75, 3.05) is 66.3 Å². The predicted molar refractivity (Wildman–Crippen MR) is 271 cm³/mol. The third kappa shape index (κ3) is 11.6. The maximum absolute atomic E-state index is 14.8. The van der Waals surface area contributed by atoms with E-state index in [0.29, 0.717) is 63.7 Å². The smallest absolute Gasteiger partial charge is 0.324 e. The standard InChI is InChI=1S/C53H72F2N8O9S/c1-30(2)70-20-18-61-43-11-10-34-22-37(43)39(47(61)38-23-35(25-56-45(38)32(4)68-7)33-12-15-60-17-19-69-26-36(60)21-33)24-53(5,6)29-72-51(66)40-9-8-14-63(59-40)50(65)46(58-52(67)62-16-13-42(62)31(3)64)48(71-27-44(54)55)49-57-41(34)28-73-49/h10-11,22-23,25,28,30-33,36,40,42,44,46,48,59,64H,8-9,12-21,24,26-27,29H2,1-7H3,(H,58,67)/t31-,32+,33-,36?,40+,42+,46+,48+/m1/s1. The molecule has 73 heavy (non-hydrogen) atoms. The molecule has 4 aromatic rings. The molecule has 3 amide bonds. The van der Waals surface area contributed by atoms with Crippen molar-refractivity contribution in [3.8, 4) is 22.5 Å². The molecule has 3 aromatic heterocycles. The number of likely N-dealkylation sites (tertiary alicyclic amines) is 1. The van der Waals surface area contributed by atoms with Gasteiger partial charge in [-0.25, -0.2) is 24.0 Å². The second-order valence-electron chi connectivity index (χ2n) is 21.4. The summed E-state index contributed by atoms with van der Waals surface area (Å²) in [6.45, 7) is 15.6. The summed E-state index contributed by atoms with van der Waals surface area (Å²) < 4.78 is 60.9. The van der Waals surface area contributed by atoms with E-state index in [2.05, 4.69) is 52.3 Å². The van der Waals surface area contributed by atoms with Gasteiger partial charge in [0.25, 0.3) is 12.3 Å². The number of cyclic esters (lactones) is 1. The van der Waals surface area contributed by atoms with E-state index in [4.69, 9.17) is 33.7 Å². The molecule has 0 radical (unpaired) electrons. The number of methoxy groups -OCH3 is 1. The third-order valence-electron chi connectivity index (χ3n) is 15.2. The lowest BCUT2D eigenvalue weighted by molar-refractivity contribution is -0.156. The first-order valence-electron chi connectivity index (χ1n) is 26.0. The summed E-state index contributed by atoms with van der Waals surface area (Å²) in [6, 6.07) is 5.13. The Balaban J connectivity index is 1.21. The number of carbonyl (C=O) groups excluding carboxylic acids is 3. The zero-order chi connectivity index (χ0) is 51.7. The molecule has 1 unspecified atom stereocenters. The van der Waals surface area contributed by atoms with Crippen molar-refractivity contribution in [1.82, 2.24) is 40.1 Å². The molecule has 5 aliphatic heterocycles. The van der Waals surface area contributed by atoms with Gasteiger partial charge in [-0.15, -0.1) is 11.3 Å². The number of ether oxygens (including phenoxy) is 5. The molecule has 3 N–H and O–H groups in total. The highest BCUT2D eigenvalue weighted by Crippen LogP contribution is 2.44. The number of hydrogen-bond donors (Lipinski definition) is 3. The van der Waals surface area contributed by atoms with Gasteiger partial charge in [0.2, 0.25) is 0 Å². The van der Waals surface area contributed by atoms with Gasteiger partial charge >= 0.3 is 12.0 Å². The summed E-state index contributed by atoms with van der Waals surface area (Å²) in [5.74, 6) is -0.994. The number of amides is 3. The van der Waals surface area contributed by atoms with Crippen LogP contribution in [0.5, 0.6) is 0 Å². The SMILES string of the molecule is CO[C@@H](C)c1ncc([C@@H]2CCN3CCOCC3C2)cc1-c1c2c3cc(ccc3n1CCOC(C)C)-c1csc(n1)[C@@H](OCC(F)F)[C@H](NC(=O)N1CC[C@H]1[C@@H](C)O)C(=O)N1CCC[C@H](N1)C(=O)OCC(C)(C)C2. The van der Waals surface area contributed by atoms with Crippen LogP contribution in [0.2, 0.25) is 0 Å². The minimum Gasteiger partial charge on any atom is -0.464 e. The number of carbonyl (C=O) groups is 3. The monoisotopic (exact) mass is 1030 g/mol. The first-order chi connectivity index (χ1) is 35.0. The van der Waals surface area contributed by atoms with E-state index in [9.17, 15) is 28.3 Å². The molecule has 4 saturated heterocycles. The largest absolute Gasteiger partial charge is 0.464 e. The van der Waals surface area contributed by atoms with E-state index in [1.54, 1.807) is 19.4 Å². The van der Waals surface area contributed by atoms with E-state index < -0.39 is 66.7 Å². The Morgan fingerprint density at radius 1 is 1.08 bits per heavy atom. The van der Waals surface area contributed by atoms with Crippen molar-refractivity contribution in [3.05, 3.63) is 57.7 Å². The summed E-state index contributed by atoms with van der Waals surface area (Å²) in [5, 5.41) is 17.4. The predicted octanol–water partition coefficient (Wildman–Crippen LogP) is 7.01. The summed E-state index contributed by atoms with van der Waals surface area (Å²) >= 11 is 1.13. The number of pyridine rings is 1. The maximum atomic E-state index is 14.8. The number of hydrazine groups is 1. The van der Waals surface area contributed by atoms with Crippen LogP contribution in [0.15, 0.2) is 35.8 Å². The summed E-state index contributed by atoms with van der Waals surface area (Å²) in [5.41, 5.74) is 9.45. The van der Waals surface area contributed by atoms with Gasteiger partial charge in [0, 0.05) is 78.4 Å². The van der Waals surface area contributed by atoms with Crippen LogP contribution in [0.4, 0.5) is 13.6 Å². The lowest BCUT2D eigenvalue weighted by Crippen LogP contribution is -2.65. The highest BCUT2D eigenvalue weighted by molar-refractivity contribution is 7.10. The Morgan fingerprint density at radius 3 is 2.64 bits per heavy atom. The van der Waals surface area contributed by atoms with E-state index in [1.165, 1.54) is 9.91 Å². The summed E-state index contributed by atoms with van der Waals surface area (Å²) in [4.78, 5) is 57.1. The van der Waals surface area contributed by atoms with Crippen molar-refractivity contribution in [1.29, 1.82) is 0 Å². The van der Waals surface area contributed by atoms with Gasteiger partial charge < -0.3 is 43.6 Å². The number of nitrogens with zero attached hydrogens (tertiary/aromatic N) is 6. The van der Waals surface area contributed by atoms with Gasteiger partial charge in [0.05, 0.1) is 67.9 Å². The molecule has 0 spiro atoms. The number of urea groups is 1. The van der Waals surface area contributed by atoms with Gasteiger partial charge in [0.15, 0.2) is 0 Å². The third-order valence-corrected chi connectivity index (χ3v) is 16.1. The molecule has 5 aliphatic rings. The molecule has 17 nitrogen and oxygen atoms in total. The van der Waals surface area contributed by atoms with Gasteiger partial charge in [-0.2, -0.15) is 0 Å². The van der Waals surface area contributed by atoms with E-state index in [0.717, 1.165) is 88.4 Å². The quantitative estimate of drug-likeness (QED) is 0.116.